The van der Waals surface area contributed by atoms with Crippen molar-refractivity contribution >= 4 is 45.9 Å². The Morgan fingerprint density at radius 3 is 2.45 bits per heavy atom. The molecule has 1 aromatic heterocycles. The number of aryl methyl sites for hydroxylation is 1. The average molecular weight is 506 g/mol. The number of non-ortho nitro benzene ring substituents is 1. The zero-order valence-electron chi connectivity index (χ0n) is 16.8. The fourth-order valence-corrected chi connectivity index (χ4v) is 4.70. The average Bonchev–Trinajstić information content (AvgIpc) is 3.17. The summed E-state index contributed by atoms with van der Waals surface area (Å²) in [7, 11) is 0. The molecule has 0 spiro atoms. The van der Waals surface area contributed by atoms with E-state index in [1.807, 2.05) is 16.0 Å². The zero-order valence-corrected chi connectivity index (χ0v) is 19.2. The van der Waals surface area contributed by atoms with E-state index in [0.717, 1.165) is 29.0 Å². The Morgan fingerprint density at radius 1 is 1.03 bits per heavy atom. The van der Waals surface area contributed by atoms with Crippen LogP contribution in [0.5, 0.6) is 0 Å². The van der Waals surface area contributed by atoms with Crippen LogP contribution in [0.25, 0.3) is 11.3 Å². The number of hydrogen-bond donors (Lipinski definition) is 0. The van der Waals surface area contributed by atoms with Crippen LogP contribution in [0, 0.1) is 21.7 Å². The Bertz CT molecular complexity index is 1400. The highest BCUT2D eigenvalue weighted by molar-refractivity contribution is 7.07. The first kappa shape index (κ1) is 23.1. The summed E-state index contributed by atoms with van der Waals surface area (Å²) in [5.41, 5.74) is 2.34. The third kappa shape index (κ3) is 5.30. The van der Waals surface area contributed by atoms with Gasteiger partial charge in [-0.05, 0) is 53.9 Å². The van der Waals surface area contributed by atoms with Crippen LogP contribution >= 0.6 is 34.5 Å². The van der Waals surface area contributed by atoms with Gasteiger partial charge in [-0.15, -0.1) is 11.3 Å². The van der Waals surface area contributed by atoms with Crippen molar-refractivity contribution < 1.29 is 13.7 Å². The van der Waals surface area contributed by atoms with Crippen LogP contribution < -0.4 is 4.80 Å². The minimum absolute atomic E-state index is 0.00627. The van der Waals surface area contributed by atoms with Crippen molar-refractivity contribution in [2.45, 2.75) is 13.0 Å². The molecule has 4 aromatic rings. The number of nitro benzene ring substituents is 1. The highest BCUT2D eigenvalue weighted by Crippen LogP contribution is 2.26. The largest absolute Gasteiger partial charge is 0.316 e. The highest BCUT2D eigenvalue weighted by atomic mass is 35.5. The SMILES string of the molecule is O=[N+]([O-])c1ccc(-c2csc(=Nc3ccc(F)cc3F)n2CCc2ccc(Cl)cc2Cl)cc1. The summed E-state index contributed by atoms with van der Waals surface area (Å²) < 4.78 is 29.4. The van der Waals surface area contributed by atoms with Crippen molar-refractivity contribution in [2.75, 3.05) is 0 Å². The fraction of sp³-hybridized carbons (Fsp3) is 0.0870. The van der Waals surface area contributed by atoms with Crippen LogP contribution in [0.15, 0.2) is 71.0 Å². The maximum absolute atomic E-state index is 14.2. The number of aromatic nitrogens is 1. The lowest BCUT2D eigenvalue weighted by Crippen LogP contribution is -2.17. The molecule has 0 fully saturated rings. The number of halogens is 4. The first-order valence-electron chi connectivity index (χ1n) is 9.68. The van der Waals surface area contributed by atoms with Gasteiger partial charge in [0.05, 0.1) is 10.6 Å². The first-order chi connectivity index (χ1) is 15.8. The number of nitro groups is 1. The number of benzene rings is 3. The number of thiazole rings is 1. The minimum Gasteiger partial charge on any atom is -0.316 e. The lowest BCUT2D eigenvalue weighted by Gasteiger charge is -2.11. The molecule has 1 heterocycles. The summed E-state index contributed by atoms with van der Waals surface area (Å²) in [5.74, 6) is -1.46. The first-order valence-corrected chi connectivity index (χ1v) is 11.3. The van der Waals surface area contributed by atoms with Gasteiger partial charge in [-0.25, -0.2) is 13.8 Å². The van der Waals surface area contributed by atoms with Gasteiger partial charge in [0.15, 0.2) is 10.6 Å². The molecule has 0 radical (unpaired) electrons. The fourth-order valence-electron chi connectivity index (χ4n) is 3.25. The van der Waals surface area contributed by atoms with Crippen molar-refractivity contribution in [2.24, 2.45) is 4.99 Å². The zero-order chi connectivity index (χ0) is 23.5. The minimum atomic E-state index is -0.771. The predicted octanol–water partition coefficient (Wildman–Crippen LogP) is 7.18. The third-order valence-electron chi connectivity index (χ3n) is 4.92. The van der Waals surface area contributed by atoms with Gasteiger partial charge in [0.2, 0.25) is 0 Å². The molecule has 0 unspecified atom stereocenters. The Morgan fingerprint density at radius 2 is 1.79 bits per heavy atom. The summed E-state index contributed by atoms with van der Waals surface area (Å²) >= 11 is 13.6. The second-order valence-corrected chi connectivity index (χ2v) is 8.73. The molecule has 0 saturated heterocycles. The summed E-state index contributed by atoms with van der Waals surface area (Å²) in [6.07, 6.45) is 0.534. The maximum atomic E-state index is 14.2. The second kappa shape index (κ2) is 9.82. The monoisotopic (exact) mass is 505 g/mol. The second-order valence-electron chi connectivity index (χ2n) is 7.05. The summed E-state index contributed by atoms with van der Waals surface area (Å²) in [6, 6.07) is 14.6. The van der Waals surface area contributed by atoms with Crippen molar-refractivity contribution in [3.63, 3.8) is 0 Å². The number of hydrogen-bond acceptors (Lipinski definition) is 4. The summed E-state index contributed by atoms with van der Waals surface area (Å²) in [6.45, 7) is 0.443. The molecule has 0 aliphatic carbocycles. The van der Waals surface area contributed by atoms with Crippen molar-refractivity contribution in [1.82, 2.24) is 4.57 Å². The molecule has 33 heavy (non-hydrogen) atoms. The normalized spacial score (nSPS) is 11.7. The van der Waals surface area contributed by atoms with Gasteiger partial charge in [-0.3, -0.25) is 10.1 Å². The molecule has 0 saturated carbocycles. The maximum Gasteiger partial charge on any atom is 0.269 e. The van der Waals surface area contributed by atoms with Crippen LogP contribution in [0.3, 0.4) is 0 Å². The quantitative estimate of drug-likeness (QED) is 0.205. The molecule has 0 amide bonds. The predicted molar refractivity (Wildman–Crippen MR) is 126 cm³/mol. The van der Waals surface area contributed by atoms with E-state index >= 15 is 0 Å². The van der Waals surface area contributed by atoms with E-state index in [-0.39, 0.29) is 11.4 Å². The lowest BCUT2D eigenvalue weighted by molar-refractivity contribution is -0.384. The van der Waals surface area contributed by atoms with Gasteiger partial charge in [0.25, 0.3) is 5.69 Å². The Kier molecular flexibility index (Phi) is 6.88. The molecule has 4 rings (SSSR count). The molecule has 0 aliphatic heterocycles. The molecule has 0 atom stereocenters. The van der Waals surface area contributed by atoms with E-state index in [0.29, 0.717) is 27.8 Å². The van der Waals surface area contributed by atoms with E-state index in [9.17, 15) is 18.9 Å². The highest BCUT2D eigenvalue weighted by Gasteiger charge is 2.13. The summed E-state index contributed by atoms with van der Waals surface area (Å²) in [5, 5.41) is 13.9. The van der Waals surface area contributed by atoms with Crippen molar-refractivity contribution in [3.8, 4) is 11.3 Å². The molecule has 3 aromatic carbocycles. The number of nitrogens with zero attached hydrogens (tertiary/aromatic N) is 3. The van der Waals surface area contributed by atoms with Crippen molar-refractivity contribution in [1.29, 1.82) is 0 Å². The van der Waals surface area contributed by atoms with Crippen LogP contribution in [-0.4, -0.2) is 9.49 Å². The van der Waals surface area contributed by atoms with E-state index in [2.05, 4.69) is 4.99 Å². The van der Waals surface area contributed by atoms with Gasteiger partial charge in [-0.2, -0.15) is 0 Å². The van der Waals surface area contributed by atoms with Crippen LogP contribution in [0.1, 0.15) is 5.56 Å². The molecule has 168 valence electrons. The van der Waals surface area contributed by atoms with Gasteiger partial charge in [0, 0.05) is 40.2 Å². The van der Waals surface area contributed by atoms with Crippen LogP contribution in [0.4, 0.5) is 20.2 Å². The van der Waals surface area contributed by atoms with Crippen LogP contribution in [-0.2, 0) is 13.0 Å². The molecular weight excluding hydrogens is 491 g/mol. The van der Waals surface area contributed by atoms with E-state index in [1.165, 1.54) is 29.5 Å². The Hall–Kier alpha value is -3.07. The van der Waals surface area contributed by atoms with Crippen molar-refractivity contribution in [3.05, 3.63) is 108 Å². The van der Waals surface area contributed by atoms with Gasteiger partial charge < -0.3 is 4.57 Å². The Balaban J connectivity index is 1.78. The number of rotatable bonds is 6. The third-order valence-corrected chi connectivity index (χ3v) is 6.37. The molecule has 0 aliphatic rings. The summed E-state index contributed by atoms with van der Waals surface area (Å²) in [4.78, 5) is 15.4. The molecule has 0 N–H and O–H groups in total. The lowest BCUT2D eigenvalue weighted by atomic mass is 10.1. The van der Waals surface area contributed by atoms with E-state index < -0.39 is 16.6 Å². The Labute approximate surface area is 201 Å². The van der Waals surface area contributed by atoms with Gasteiger partial charge in [0.1, 0.15) is 11.5 Å². The van der Waals surface area contributed by atoms with E-state index in [4.69, 9.17) is 23.2 Å². The van der Waals surface area contributed by atoms with E-state index in [1.54, 1.807) is 24.3 Å². The van der Waals surface area contributed by atoms with Gasteiger partial charge in [-0.1, -0.05) is 29.3 Å². The molecule has 5 nitrogen and oxygen atoms in total. The molecular formula is C23H15Cl2F2N3O2S. The topological polar surface area (TPSA) is 60.4 Å². The standard InChI is InChI=1S/C23H15Cl2F2N3O2S/c24-16-4-1-14(19(25)11-16)9-10-29-22(15-2-6-18(7-3-15)30(31)32)13-33-23(29)28-21-8-5-17(26)12-20(21)27/h1-8,11-13H,9-10H2. The molecule has 10 heteroatoms. The molecule has 0 bridgehead atoms. The smallest absolute Gasteiger partial charge is 0.269 e. The van der Waals surface area contributed by atoms with Crippen LogP contribution in [0.2, 0.25) is 10.0 Å². The van der Waals surface area contributed by atoms with Gasteiger partial charge >= 0.3 is 0 Å².